The van der Waals surface area contributed by atoms with Gasteiger partial charge in [0.05, 0.1) is 29.6 Å². The standard InChI is InChI=1S/C29H34FN7O7/c1-28(2,3)43-26(39)37(27(40)44-29(4,5)6)13-18(32)22(19(11-31)34-7)20-12-35-23(33)24(36-20)42-21-14-41-25(38)16-9-8-15(30)10-17(16)21/h8-10,12,21H,13-14,32H2,1-7H3,(H2,33,35)/b22-18+,34-19?. The van der Waals surface area contributed by atoms with Crippen molar-refractivity contribution in [1.82, 2.24) is 14.9 Å². The molecule has 0 saturated heterocycles. The van der Waals surface area contributed by atoms with Crippen molar-refractivity contribution in [3.8, 4) is 11.9 Å². The Morgan fingerprint density at radius 1 is 1.18 bits per heavy atom. The number of nitriles is 1. The lowest BCUT2D eigenvalue weighted by Gasteiger charge is -2.29. The van der Waals surface area contributed by atoms with Crippen LogP contribution in [-0.4, -0.2) is 70.1 Å². The molecule has 2 heterocycles. The molecule has 0 radical (unpaired) electrons. The van der Waals surface area contributed by atoms with Crippen LogP contribution >= 0.6 is 0 Å². The first-order valence-electron chi connectivity index (χ1n) is 13.3. The molecular formula is C29H34FN7O7. The number of imide groups is 1. The zero-order valence-corrected chi connectivity index (χ0v) is 25.4. The van der Waals surface area contributed by atoms with Crippen LogP contribution in [0.3, 0.4) is 0 Å². The van der Waals surface area contributed by atoms with Crippen LogP contribution in [0.5, 0.6) is 5.88 Å². The Balaban J connectivity index is 2.09. The van der Waals surface area contributed by atoms with E-state index in [1.165, 1.54) is 19.3 Å². The zero-order valence-electron chi connectivity index (χ0n) is 25.4. The van der Waals surface area contributed by atoms with E-state index >= 15 is 0 Å². The van der Waals surface area contributed by atoms with Gasteiger partial charge in [0.25, 0.3) is 5.88 Å². The molecule has 1 aliphatic rings. The minimum atomic E-state index is -1.05. The summed E-state index contributed by atoms with van der Waals surface area (Å²) < 4.78 is 35.9. The molecule has 0 aliphatic carbocycles. The van der Waals surface area contributed by atoms with Crippen LogP contribution < -0.4 is 16.2 Å². The Labute approximate surface area is 253 Å². The van der Waals surface area contributed by atoms with Gasteiger partial charge < -0.3 is 30.4 Å². The van der Waals surface area contributed by atoms with Gasteiger partial charge in [0, 0.05) is 18.3 Å². The average molecular weight is 612 g/mol. The molecule has 0 spiro atoms. The van der Waals surface area contributed by atoms with Gasteiger partial charge in [-0.15, -0.1) is 0 Å². The number of halogens is 1. The molecule has 2 amide bonds. The summed E-state index contributed by atoms with van der Waals surface area (Å²) in [6.45, 7) is 8.84. The topological polar surface area (TPSA) is 205 Å². The molecule has 14 nitrogen and oxygen atoms in total. The van der Waals surface area contributed by atoms with E-state index in [9.17, 15) is 24.0 Å². The van der Waals surface area contributed by atoms with E-state index in [0.717, 1.165) is 12.1 Å². The summed E-state index contributed by atoms with van der Waals surface area (Å²) in [7, 11) is 1.33. The number of ether oxygens (including phenoxy) is 4. The second-order valence-corrected chi connectivity index (χ2v) is 11.5. The molecule has 1 atom stereocenters. The van der Waals surface area contributed by atoms with Gasteiger partial charge in [-0.05, 0) is 59.7 Å². The molecule has 1 unspecified atom stereocenters. The molecule has 15 heteroatoms. The Kier molecular flexibility index (Phi) is 9.78. The molecule has 0 saturated carbocycles. The van der Waals surface area contributed by atoms with Crippen molar-refractivity contribution in [1.29, 1.82) is 5.26 Å². The van der Waals surface area contributed by atoms with Gasteiger partial charge >= 0.3 is 18.2 Å². The van der Waals surface area contributed by atoms with Gasteiger partial charge in [0.2, 0.25) is 0 Å². The number of anilines is 1. The van der Waals surface area contributed by atoms with Crippen LogP contribution in [0, 0.1) is 17.1 Å². The van der Waals surface area contributed by atoms with Gasteiger partial charge in [-0.2, -0.15) is 5.26 Å². The van der Waals surface area contributed by atoms with Crippen molar-refractivity contribution >= 4 is 35.3 Å². The second-order valence-electron chi connectivity index (χ2n) is 11.5. The Morgan fingerprint density at radius 2 is 1.80 bits per heavy atom. The maximum absolute atomic E-state index is 14.0. The van der Waals surface area contributed by atoms with Crippen molar-refractivity contribution in [3.05, 3.63) is 52.7 Å². The lowest BCUT2D eigenvalue weighted by Crippen LogP contribution is -2.45. The highest BCUT2D eigenvalue weighted by Crippen LogP contribution is 2.32. The number of esters is 1. The molecular weight excluding hydrogens is 577 g/mol. The maximum atomic E-state index is 14.0. The average Bonchev–Trinajstić information content (AvgIpc) is 2.91. The summed E-state index contributed by atoms with van der Waals surface area (Å²) in [4.78, 5) is 51.4. The van der Waals surface area contributed by atoms with Gasteiger partial charge in [-0.25, -0.2) is 33.6 Å². The number of carbonyl (C=O) groups excluding carboxylic acids is 3. The SMILES string of the molecule is CN=C(C#N)/C(=C(\N)CN(C(=O)OC(C)(C)C)C(=O)OC(C)(C)C)c1cnc(N)c(OC2COC(=O)c3ccc(F)cc32)n1. The summed E-state index contributed by atoms with van der Waals surface area (Å²) in [6, 6.07) is 5.42. The quantitative estimate of drug-likeness (QED) is 0.271. The number of carbonyl (C=O) groups is 3. The summed E-state index contributed by atoms with van der Waals surface area (Å²) in [6.07, 6.45) is -1.91. The summed E-state index contributed by atoms with van der Waals surface area (Å²) >= 11 is 0. The number of nitrogen functional groups attached to an aromatic ring is 1. The number of fused-ring (bicyclic) bond motifs is 1. The van der Waals surface area contributed by atoms with E-state index in [2.05, 4.69) is 15.0 Å². The number of nitrogens with zero attached hydrogens (tertiary/aromatic N) is 5. The van der Waals surface area contributed by atoms with Gasteiger partial charge in [0.15, 0.2) is 11.9 Å². The highest BCUT2D eigenvalue weighted by molar-refractivity contribution is 6.31. The Hall–Kier alpha value is -5.26. The molecule has 2 aromatic rings. The van der Waals surface area contributed by atoms with Crippen molar-refractivity contribution in [2.75, 3.05) is 25.9 Å². The number of hydrogen-bond acceptors (Lipinski definition) is 13. The van der Waals surface area contributed by atoms with Crippen LogP contribution in [0.25, 0.3) is 5.57 Å². The van der Waals surface area contributed by atoms with Gasteiger partial charge in [-0.1, -0.05) is 0 Å². The molecule has 234 valence electrons. The fourth-order valence-electron chi connectivity index (χ4n) is 3.87. The van der Waals surface area contributed by atoms with Gasteiger partial charge in [-0.3, -0.25) is 4.99 Å². The fourth-order valence-corrected chi connectivity index (χ4v) is 3.87. The molecule has 1 aliphatic heterocycles. The number of aliphatic imine (C=N–C) groups is 1. The fraction of sp³-hybridized carbons (Fsp3) is 0.414. The van der Waals surface area contributed by atoms with Crippen molar-refractivity contribution in [2.24, 2.45) is 10.7 Å². The molecule has 3 rings (SSSR count). The maximum Gasteiger partial charge on any atom is 0.420 e. The number of nitrogens with two attached hydrogens (primary N) is 2. The van der Waals surface area contributed by atoms with Gasteiger partial charge in [0.1, 0.15) is 35.4 Å². The first-order valence-corrected chi connectivity index (χ1v) is 13.3. The monoisotopic (exact) mass is 611 g/mol. The number of benzene rings is 1. The van der Waals surface area contributed by atoms with Crippen LogP contribution in [0.1, 0.15) is 69.3 Å². The predicted molar refractivity (Wildman–Crippen MR) is 156 cm³/mol. The molecule has 0 fully saturated rings. The molecule has 44 heavy (non-hydrogen) atoms. The van der Waals surface area contributed by atoms with E-state index < -0.39 is 47.8 Å². The van der Waals surface area contributed by atoms with E-state index in [0.29, 0.717) is 4.90 Å². The third-order valence-electron chi connectivity index (χ3n) is 5.67. The van der Waals surface area contributed by atoms with E-state index in [1.54, 1.807) is 41.5 Å². The molecule has 0 bridgehead atoms. The number of hydrogen-bond donors (Lipinski definition) is 2. The van der Waals surface area contributed by atoms with Crippen molar-refractivity contribution < 1.29 is 37.7 Å². The third kappa shape index (κ3) is 8.18. The molecule has 1 aromatic carbocycles. The second kappa shape index (κ2) is 12.9. The van der Waals surface area contributed by atoms with Crippen molar-refractivity contribution in [3.63, 3.8) is 0 Å². The van der Waals surface area contributed by atoms with Crippen LogP contribution in [0.4, 0.5) is 19.8 Å². The lowest BCUT2D eigenvalue weighted by molar-refractivity contribution is 0.00314. The first-order chi connectivity index (χ1) is 20.4. The first kappa shape index (κ1) is 33.2. The van der Waals surface area contributed by atoms with E-state index in [-0.39, 0.29) is 52.1 Å². The summed E-state index contributed by atoms with van der Waals surface area (Å²) in [5, 5.41) is 9.85. The number of rotatable bonds is 6. The minimum Gasteiger partial charge on any atom is -0.463 e. The normalized spacial score (nSPS) is 15.7. The smallest absolute Gasteiger partial charge is 0.420 e. The predicted octanol–water partition coefficient (Wildman–Crippen LogP) is 3.92. The third-order valence-corrected chi connectivity index (χ3v) is 5.67. The van der Waals surface area contributed by atoms with Crippen LogP contribution in [0.15, 0.2) is 35.1 Å². The molecule has 4 N–H and O–H groups in total. The number of allylic oxidation sites excluding steroid dienone is 1. The Bertz CT molecular complexity index is 1540. The zero-order chi connectivity index (χ0) is 33.0. The van der Waals surface area contributed by atoms with E-state index in [1.807, 2.05) is 6.07 Å². The Morgan fingerprint density at radius 3 is 2.34 bits per heavy atom. The largest absolute Gasteiger partial charge is 0.463 e. The van der Waals surface area contributed by atoms with E-state index in [4.69, 9.17) is 30.4 Å². The van der Waals surface area contributed by atoms with Crippen molar-refractivity contribution in [2.45, 2.75) is 58.8 Å². The number of cyclic esters (lactones) is 1. The summed E-state index contributed by atoms with van der Waals surface area (Å²) in [5.41, 5.74) is 10.3. The number of amides is 2. The highest BCUT2D eigenvalue weighted by atomic mass is 19.1. The highest BCUT2D eigenvalue weighted by Gasteiger charge is 2.34. The minimum absolute atomic E-state index is 0.0607. The lowest BCUT2D eigenvalue weighted by atomic mass is 10.0. The number of aromatic nitrogens is 2. The summed E-state index contributed by atoms with van der Waals surface area (Å²) in [5.74, 6) is -1.69. The van der Waals surface area contributed by atoms with Crippen LogP contribution in [-0.2, 0) is 14.2 Å². The molecule has 1 aromatic heterocycles. The van der Waals surface area contributed by atoms with Crippen LogP contribution in [0.2, 0.25) is 0 Å².